The largest absolute Gasteiger partial charge is 0.481 e. The Kier molecular flexibility index (Phi) is 5.59. The molecule has 1 fully saturated rings. The van der Waals surface area contributed by atoms with Crippen LogP contribution in [0.3, 0.4) is 0 Å². The SMILES string of the molecule is Cc1cc(Cl)c(CN2CCCC(CCC(=O)O)C2)cc1F. The van der Waals surface area contributed by atoms with Gasteiger partial charge in [0.2, 0.25) is 0 Å². The molecule has 1 heterocycles. The molecule has 3 nitrogen and oxygen atoms in total. The minimum atomic E-state index is -0.740. The van der Waals surface area contributed by atoms with Crippen LogP contribution in [0.2, 0.25) is 5.02 Å². The van der Waals surface area contributed by atoms with Crippen LogP contribution < -0.4 is 0 Å². The first-order chi connectivity index (χ1) is 9.95. The molecule has 0 aromatic heterocycles. The average molecular weight is 314 g/mol. The predicted octanol–water partition coefficient (Wildman–Crippen LogP) is 3.86. The molecule has 0 radical (unpaired) electrons. The number of likely N-dealkylation sites (tertiary alicyclic amines) is 1. The van der Waals surface area contributed by atoms with Gasteiger partial charge in [-0.15, -0.1) is 0 Å². The Balaban J connectivity index is 1.96. The first-order valence-electron chi connectivity index (χ1n) is 7.34. The number of carboxylic acid groups (broad SMARTS) is 1. The second-order valence-electron chi connectivity index (χ2n) is 5.87. The summed E-state index contributed by atoms with van der Waals surface area (Å²) in [5, 5.41) is 9.36. The summed E-state index contributed by atoms with van der Waals surface area (Å²) < 4.78 is 13.7. The van der Waals surface area contributed by atoms with E-state index >= 15 is 0 Å². The summed E-state index contributed by atoms with van der Waals surface area (Å²) in [5.41, 5.74) is 1.36. The van der Waals surface area contributed by atoms with Crippen LogP contribution in [-0.4, -0.2) is 29.1 Å². The zero-order chi connectivity index (χ0) is 15.4. The highest BCUT2D eigenvalue weighted by Gasteiger charge is 2.21. The van der Waals surface area contributed by atoms with Gasteiger partial charge in [-0.2, -0.15) is 0 Å². The number of piperidine rings is 1. The lowest BCUT2D eigenvalue weighted by molar-refractivity contribution is -0.137. The summed E-state index contributed by atoms with van der Waals surface area (Å²) >= 11 is 6.19. The lowest BCUT2D eigenvalue weighted by atomic mass is 9.93. The number of rotatable bonds is 5. The van der Waals surface area contributed by atoms with Gasteiger partial charge >= 0.3 is 5.97 Å². The van der Waals surface area contributed by atoms with Gasteiger partial charge < -0.3 is 5.11 Å². The molecule has 0 spiro atoms. The van der Waals surface area contributed by atoms with Crippen LogP contribution in [-0.2, 0) is 11.3 Å². The van der Waals surface area contributed by atoms with Crippen molar-refractivity contribution in [3.8, 4) is 0 Å². The molecular weight excluding hydrogens is 293 g/mol. The molecule has 1 aromatic rings. The summed E-state index contributed by atoms with van der Waals surface area (Å²) in [7, 11) is 0. The maximum absolute atomic E-state index is 13.7. The van der Waals surface area contributed by atoms with Crippen molar-refractivity contribution in [3.05, 3.63) is 34.1 Å². The Hall–Kier alpha value is -1.13. The Labute approximate surface area is 129 Å². The van der Waals surface area contributed by atoms with Gasteiger partial charge in [-0.1, -0.05) is 11.6 Å². The van der Waals surface area contributed by atoms with Crippen LogP contribution in [0.25, 0.3) is 0 Å². The van der Waals surface area contributed by atoms with E-state index in [9.17, 15) is 9.18 Å². The Bertz CT molecular complexity index is 521. The van der Waals surface area contributed by atoms with Crippen molar-refractivity contribution in [1.29, 1.82) is 0 Å². The van der Waals surface area contributed by atoms with Crippen molar-refractivity contribution in [2.24, 2.45) is 5.92 Å². The smallest absolute Gasteiger partial charge is 0.303 e. The van der Waals surface area contributed by atoms with Crippen LogP contribution in [0.5, 0.6) is 0 Å². The molecule has 0 bridgehead atoms. The molecule has 2 rings (SSSR count). The number of nitrogens with zero attached hydrogens (tertiary/aromatic N) is 1. The maximum atomic E-state index is 13.7. The highest BCUT2D eigenvalue weighted by molar-refractivity contribution is 6.31. The van der Waals surface area contributed by atoms with Crippen LogP contribution >= 0.6 is 11.6 Å². The second-order valence-corrected chi connectivity index (χ2v) is 6.28. The van der Waals surface area contributed by atoms with Gasteiger partial charge in [0.15, 0.2) is 0 Å². The summed E-state index contributed by atoms with van der Waals surface area (Å²) in [6, 6.07) is 3.18. The molecule has 0 aliphatic carbocycles. The normalized spacial score (nSPS) is 19.7. The standard InChI is InChI=1S/C16H21ClFNO2/c1-11-7-14(17)13(8-15(11)18)10-19-6-2-3-12(9-19)4-5-16(20)21/h7-8,12H,2-6,9-10H2,1H3,(H,20,21). The van der Waals surface area contributed by atoms with Gasteiger partial charge in [0.25, 0.3) is 0 Å². The van der Waals surface area contributed by atoms with Crippen molar-refractivity contribution in [3.63, 3.8) is 0 Å². The zero-order valence-corrected chi connectivity index (χ0v) is 13.0. The number of benzene rings is 1. The van der Waals surface area contributed by atoms with E-state index in [-0.39, 0.29) is 12.2 Å². The van der Waals surface area contributed by atoms with Crippen LogP contribution in [0.15, 0.2) is 12.1 Å². The van der Waals surface area contributed by atoms with Crippen molar-refractivity contribution in [1.82, 2.24) is 4.90 Å². The lowest BCUT2D eigenvalue weighted by Crippen LogP contribution is -2.35. The van der Waals surface area contributed by atoms with E-state index in [1.807, 2.05) is 0 Å². The van der Waals surface area contributed by atoms with E-state index in [0.29, 0.717) is 29.5 Å². The number of carbonyl (C=O) groups is 1. The fraction of sp³-hybridized carbons (Fsp3) is 0.562. The van der Waals surface area contributed by atoms with Crippen molar-refractivity contribution in [2.45, 2.75) is 39.2 Å². The lowest BCUT2D eigenvalue weighted by Gasteiger charge is -2.32. The first kappa shape index (κ1) is 16.2. The number of carboxylic acids is 1. The molecule has 1 aliphatic heterocycles. The molecule has 1 aromatic carbocycles. The average Bonchev–Trinajstić information content (AvgIpc) is 2.43. The van der Waals surface area contributed by atoms with Crippen molar-refractivity contribution < 1.29 is 14.3 Å². The summed E-state index contributed by atoms with van der Waals surface area (Å²) in [6.07, 6.45) is 3.05. The van der Waals surface area contributed by atoms with Gasteiger partial charge in [-0.25, -0.2) is 4.39 Å². The van der Waals surface area contributed by atoms with E-state index in [1.54, 1.807) is 13.0 Å². The van der Waals surface area contributed by atoms with Crippen LogP contribution in [0.4, 0.5) is 4.39 Å². The quantitative estimate of drug-likeness (QED) is 0.897. The molecule has 0 amide bonds. The van der Waals surface area contributed by atoms with Crippen molar-refractivity contribution in [2.75, 3.05) is 13.1 Å². The third kappa shape index (κ3) is 4.68. The Morgan fingerprint density at radius 1 is 1.52 bits per heavy atom. The summed E-state index contributed by atoms with van der Waals surface area (Å²) in [5.74, 6) is -0.562. The van der Waals surface area contributed by atoms with E-state index in [4.69, 9.17) is 16.7 Å². The number of aryl methyl sites for hydroxylation is 1. The summed E-state index contributed by atoms with van der Waals surface area (Å²) in [6.45, 7) is 4.14. The number of aliphatic carboxylic acids is 1. The Morgan fingerprint density at radius 3 is 3.00 bits per heavy atom. The zero-order valence-electron chi connectivity index (χ0n) is 12.2. The molecule has 1 atom stereocenters. The molecule has 21 heavy (non-hydrogen) atoms. The third-order valence-corrected chi connectivity index (χ3v) is 4.44. The maximum Gasteiger partial charge on any atom is 0.303 e. The second kappa shape index (κ2) is 7.23. The number of hydrogen-bond donors (Lipinski definition) is 1. The fourth-order valence-electron chi connectivity index (χ4n) is 2.91. The van der Waals surface area contributed by atoms with Gasteiger partial charge in [-0.3, -0.25) is 9.69 Å². The fourth-order valence-corrected chi connectivity index (χ4v) is 3.19. The van der Waals surface area contributed by atoms with E-state index in [2.05, 4.69) is 4.90 Å². The highest BCUT2D eigenvalue weighted by Crippen LogP contribution is 2.26. The van der Waals surface area contributed by atoms with Gasteiger partial charge in [0.1, 0.15) is 5.82 Å². The monoisotopic (exact) mass is 313 g/mol. The van der Waals surface area contributed by atoms with E-state index < -0.39 is 5.97 Å². The Morgan fingerprint density at radius 2 is 2.29 bits per heavy atom. The summed E-state index contributed by atoms with van der Waals surface area (Å²) in [4.78, 5) is 12.9. The van der Waals surface area contributed by atoms with Crippen molar-refractivity contribution >= 4 is 17.6 Å². The molecule has 1 N–H and O–H groups in total. The molecule has 0 saturated carbocycles. The number of halogens is 2. The van der Waals surface area contributed by atoms with Gasteiger partial charge in [0.05, 0.1) is 0 Å². The van der Waals surface area contributed by atoms with E-state index in [0.717, 1.165) is 31.5 Å². The molecular formula is C16H21ClFNO2. The van der Waals surface area contributed by atoms with Crippen LogP contribution in [0, 0.1) is 18.7 Å². The highest BCUT2D eigenvalue weighted by atomic mass is 35.5. The molecule has 116 valence electrons. The topological polar surface area (TPSA) is 40.5 Å². The van der Waals surface area contributed by atoms with Gasteiger partial charge in [-0.05, 0) is 61.9 Å². The molecule has 1 aliphatic rings. The third-order valence-electron chi connectivity index (χ3n) is 4.09. The minimum absolute atomic E-state index is 0.221. The van der Waals surface area contributed by atoms with E-state index in [1.165, 1.54) is 6.07 Å². The molecule has 1 saturated heterocycles. The first-order valence-corrected chi connectivity index (χ1v) is 7.72. The van der Waals surface area contributed by atoms with Gasteiger partial charge in [0, 0.05) is 24.5 Å². The number of hydrogen-bond acceptors (Lipinski definition) is 2. The van der Waals surface area contributed by atoms with Crippen LogP contribution in [0.1, 0.15) is 36.8 Å². The minimum Gasteiger partial charge on any atom is -0.481 e. The predicted molar refractivity (Wildman–Crippen MR) is 81.0 cm³/mol. The molecule has 5 heteroatoms. The molecule has 1 unspecified atom stereocenters.